The van der Waals surface area contributed by atoms with E-state index in [0.717, 1.165) is 19.4 Å². The predicted octanol–water partition coefficient (Wildman–Crippen LogP) is 1.91. The fraction of sp³-hybridized carbons (Fsp3) is 0.500. The molecule has 1 amide bonds. The molecule has 70 valence electrons. The Morgan fingerprint density at radius 3 is 3.00 bits per heavy atom. The van der Waals surface area contributed by atoms with Crippen molar-refractivity contribution >= 4 is 17.7 Å². The molecule has 13 heavy (non-hydrogen) atoms. The summed E-state index contributed by atoms with van der Waals surface area (Å²) in [7, 11) is 0. The standard InChI is InChI=1S/C10H13NOS/c12-8-11(10-1-2-10)5-3-9-4-6-13-7-9/h4,6-8,10H,1-3,5H2. The second-order valence-corrected chi connectivity index (χ2v) is 4.24. The summed E-state index contributed by atoms with van der Waals surface area (Å²) >= 11 is 1.72. The molecule has 2 nitrogen and oxygen atoms in total. The highest BCUT2D eigenvalue weighted by Crippen LogP contribution is 2.25. The summed E-state index contributed by atoms with van der Waals surface area (Å²) in [6.45, 7) is 0.880. The monoisotopic (exact) mass is 195 g/mol. The maximum Gasteiger partial charge on any atom is 0.209 e. The Morgan fingerprint density at radius 2 is 2.46 bits per heavy atom. The topological polar surface area (TPSA) is 20.3 Å². The molecule has 1 aromatic heterocycles. The largest absolute Gasteiger partial charge is 0.342 e. The van der Waals surface area contributed by atoms with Crippen molar-refractivity contribution in [1.82, 2.24) is 4.90 Å². The molecular weight excluding hydrogens is 182 g/mol. The molecule has 0 bridgehead atoms. The lowest BCUT2D eigenvalue weighted by Crippen LogP contribution is -2.26. The summed E-state index contributed by atoms with van der Waals surface area (Å²) in [4.78, 5) is 12.6. The van der Waals surface area contributed by atoms with Crippen LogP contribution in [0.25, 0.3) is 0 Å². The second kappa shape index (κ2) is 3.92. The predicted molar refractivity (Wildman–Crippen MR) is 53.8 cm³/mol. The molecule has 0 aliphatic heterocycles. The Morgan fingerprint density at radius 1 is 1.62 bits per heavy atom. The molecule has 3 heteroatoms. The minimum atomic E-state index is 0.552. The summed E-state index contributed by atoms with van der Waals surface area (Å²) in [5.41, 5.74) is 1.34. The molecule has 1 heterocycles. The number of hydrogen-bond donors (Lipinski definition) is 0. The molecule has 2 rings (SSSR count). The summed E-state index contributed by atoms with van der Waals surface area (Å²) < 4.78 is 0. The van der Waals surface area contributed by atoms with E-state index >= 15 is 0 Å². The van der Waals surface area contributed by atoms with Crippen molar-refractivity contribution in [2.75, 3.05) is 6.54 Å². The maximum atomic E-state index is 10.7. The van der Waals surface area contributed by atoms with Crippen LogP contribution in [0.5, 0.6) is 0 Å². The summed E-state index contributed by atoms with van der Waals surface area (Å²) in [6.07, 6.45) is 4.38. The van der Waals surface area contributed by atoms with Crippen molar-refractivity contribution < 1.29 is 4.79 Å². The quantitative estimate of drug-likeness (QED) is 0.657. The van der Waals surface area contributed by atoms with Gasteiger partial charge in [0.1, 0.15) is 0 Å². The van der Waals surface area contributed by atoms with Crippen molar-refractivity contribution in [2.24, 2.45) is 0 Å². The number of rotatable bonds is 5. The summed E-state index contributed by atoms with van der Waals surface area (Å²) in [5, 5.41) is 4.23. The first-order chi connectivity index (χ1) is 6.40. The van der Waals surface area contributed by atoms with Crippen LogP contribution in [0.15, 0.2) is 16.8 Å². The zero-order chi connectivity index (χ0) is 9.10. The molecular formula is C10H13NOS. The Hall–Kier alpha value is -0.830. The molecule has 0 saturated heterocycles. The summed E-state index contributed by atoms with van der Waals surface area (Å²) in [6, 6.07) is 2.68. The third-order valence-electron chi connectivity index (χ3n) is 2.39. The van der Waals surface area contributed by atoms with Crippen LogP contribution in [-0.4, -0.2) is 23.9 Å². The Balaban J connectivity index is 1.80. The normalized spacial score (nSPS) is 15.7. The molecule has 0 spiro atoms. The van der Waals surface area contributed by atoms with E-state index in [-0.39, 0.29) is 0 Å². The van der Waals surface area contributed by atoms with Gasteiger partial charge in [0.15, 0.2) is 0 Å². The lowest BCUT2D eigenvalue weighted by molar-refractivity contribution is -0.118. The van der Waals surface area contributed by atoms with E-state index in [9.17, 15) is 4.79 Å². The average molecular weight is 195 g/mol. The van der Waals surface area contributed by atoms with Crippen molar-refractivity contribution in [3.05, 3.63) is 22.4 Å². The number of thiophene rings is 1. The molecule has 0 unspecified atom stereocenters. The molecule has 1 saturated carbocycles. The van der Waals surface area contributed by atoms with Gasteiger partial charge in [0, 0.05) is 12.6 Å². The van der Waals surface area contributed by atoms with Crippen LogP contribution in [0.2, 0.25) is 0 Å². The molecule has 0 aromatic carbocycles. The first kappa shape index (κ1) is 8.75. The smallest absolute Gasteiger partial charge is 0.209 e. The highest BCUT2D eigenvalue weighted by atomic mass is 32.1. The zero-order valence-electron chi connectivity index (χ0n) is 7.48. The Kier molecular flexibility index (Phi) is 2.64. The van der Waals surface area contributed by atoms with Crippen molar-refractivity contribution in [3.63, 3.8) is 0 Å². The van der Waals surface area contributed by atoms with E-state index in [0.29, 0.717) is 6.04 Å². The van der Waals surface area contributed by atoms with Gasteiger partial charge < -0.3 is 4.90 Å². The van der Waals surface area contributed by atoms with Crippen LogP contribution in [0.3, 0.4) is 0 Å². The van der Waals surface area contributed by atoms with Gasteiger partial charge in [0.05, 0.1) is 0 Å². The minimum Gasteiger partial charge on any atom is -0.342 e. The Labute approximate surface area is 82.2 Å². The van der Waals surface area contributed by atoms with E-state index in [2.05, 4.69) is 16.8 Å². The van der Waals surface area contributed by atoms with E-state index in [1.807, 2.05) is 4.90 Å². The second-order valence-electron chi connectivity index (χ2n) is 3.46. The van der Waals surface area contributed by atoms with E-state index < -0.39 is 0 Å². The van der Waals surface area contributed by atoms with E-state index in [1.165, 1.54) is 18.4 Å². The van der Waals surface area contributed by atoms with Gasteiger partial charge in [0.2, 0.25) is 6.41 Å². The first-order valence-electron chi connectivity index (χ1n) is 4.62. The molecule has 0 atom stereocenters. The molecule has 1 aromatic rings. The van der Waals surface area contributed by atoms with Crippen LogP contribution in [0.4, 0.5) is 0 Å². The van der Waals surface area contributed by atoms with Gasteiger partial charge in [-0.25, -0.2) is 0 Å². The Bertz CT molecular complexity index is 266. The highest BCUT2D eigenvalue weighted by molar-refractivity contribution is 7.07. The molecule has 1 fully saturated rings. The van der Waals surface area contributed by atoms with Gasteiger partial charge in [-0.1, -0.05) is 0 Å². The maximum absolute atomic E-state index is 10.7. The number of amides is 1. The van der Waals surface area contributed by atoms with Gasteiger partial charge in [0.25, 0.3) is 0 Å². The van der Waals surface area contributed by atoms with E-state index in [4.69, 9.17) is 0 Å². The van der Waals surface area contributed by atoms with Gasteiger partial charge in [-0.15, -0.1) is 0 Å². The average Bonchev–Trinajstić information content (AvgIpc) is 2.84. The van der Waals surface area contributed by atoms with Gasteiger partial charge in [-0.05, 0) is 41.7 Å². The van der Waals surface area contributed by atoms with Crippen LogP contribution in [0.1, 0.15) is 18.4 Å². The van der Waals surface area contributed by atoms with Crippen molar-refractivity contribution in [2.45, 2.75) is 25.3 Å². The number of hydrogen-bond acceptors (Lipinski definition) is 2. The molecule has 1 aliphatic rings. The van der Waals surface area contributed by atoms with E-state index in [1.54, 1.807) is 11.3 Å². The zero-order valence-corrected chi connectivity index (χ0v) is 8.30. The molecule has 0 N–H and O–H groups in total. The number of carbonyl (C=O) groups excluding carboxylic acids is 1. The summed E-state index contributed by atoms with van der Waals surface area (Å²) in [5.74, 6) is 0. The van der Waals surface area contributed by atoms with Crippen LogP contribution < -0.4 is 0 Å². The lowest BCUT2D eigenvalue weighted by Gasteiger charge is -2.15. The van der Waals surface area contributed by atoms with Gasteiger partial charge in [-0.2, -0.15) is 11.3 Å². The van der Waals surface area contributed by atoms with Crippen molar-refractivity contribution in [1.29, 1.82) is 0 Å². The van der Waals surface area contributed by atoms with Crippen molar-refractivity contribution in [3.8, 4) is 0 Å². The van der Waals surface area contributed by atoms with Gasteiger partial charge >= 0.3 is 0 Å². The molecule has 0 radical (unpaired) electrons. The highest BCUT2D eigenvalue weighted by Gasteiger charge is 2.27. The first-order valence-corrected chi connectivity index (χ1v) is 5.56. The molecule has 1 aliphatic carbocycles. The lowest BCUT2D eigenvalue weighted by atomic mass is 10.2. The fourth-order valence-electron chi connectivity index (χ4n) is 1.42. The van der Waals surface area contributed by atoms with Crippen LogP contribution in [0, 0.1) is 0 Å². The van der Waals surface area contributed by atoms with Crippen LogP contribution >= 0.6 is 11.3 Å². The third kappa shape index (κ3) is 2.31. The third-order valence-corrected chi connectivity index (χ3v) is 3.12. The van der Waals surface area contributed by atoms with Crippen LogP contribution in [-0.2, 0) is 11.2 Å². The number of nitrogens with zero attached hydrogens (tertiary/aromatic N) is 1. The fourth-order valence-corrected chi connectivity index (χ4v) is 2.12. The minimum absolute atomic E-state index is 0.552. The number of carbonyl (C=O) groups is 1. The SMILES string of the molecule is O=CN(CCc1ccsc1)C1CC1. The van der Waals surface area contributed by atoms with Gasteiger partial charge in [-0.3, -0.25) is 4.79 Å².